The predicted octanol–water partition coefficient (Wildman–Crippen LogP) is 2.72. The van der Waals surface area contributed by atoms with E-state index in [1.165, 1.54) is 4.68 Å². The molecular weight excluding hydrogens is 266 g/mol. The highest BCUT2D eigenvalue weighted by Gasteiger charge is 2.25. The molecule has 1 N–H and O–H groups in total. The maximum absolute atomic E-state index is 11.7. The quantitative estimate of drug-likeness (QED) is 0.801. The van der Waals surface area contributed by atoms with Gasteiger partial charge in [0.15, 0.2) is 6.04 Å². The highest BCUT2D eigenvalue weighted by Crippen LogP contribution is 2.24. The van der Waals surface area contributed by atoms with E-state index in [1.807, 2.05) is 44.2 Å². The number of carboxylic acid groups (broad SMARTS) is 1. The molecule has 2 aromatic carbocycles. The molecule has 0 bridgehead atoms. The Labute approximate surface area is 121 Å². The average molecular weight is 281 g/mol. The van der Waals surface area contributed by atoms with Gasteiger partial charge in [-0.15, -0.1) is 5.10 Å². The maximum Gasteiger partial charge on any atom is 0.333 e. The standard InChI is InChI=1S/C16H15N3O2/c1-10-8-13-14(9-11(10)2)19(18-17-13)15(16(20)21)12-6-4-3-5-7-12/h3-9,15H,1-2H3,(H,20,21). The van der Waals surface area contributed by atoms with Gasteiger partial charge in [0.05, 0.1) is 5.52 Å². The lowest BCUT2D eigenvalue weighted by Gasteiger charge is -2.14. The lowest BCUT2D eigenvalue weighted by molar-refractivity contribution is -0.139. The van der Waals surface area contributed by atoms with Gasteiger partial charge < -0.3 is 5.11 Å². The Bertz CT molecular complexity index is 809. The highest BCUT2D eigenvalue weighted by molar-refractivity contribution is 5.82. The van der Waals surface area contributed by atoms with Crippen molar-refractivity contribution in [1.82, 2.24) is 15.0 Å². The molecule has 0 aliphatic rings. The van der Waals surface area contributed by atoms with Gasteiger partial charge in [-0.05, 0) is 42.7 Å². The van der Waals surface area contributed by atoms with Gasteiger partial charge in [-0.1, -0.05) is 35.5 Å². The second-order valence-corrected chi connectivity index (χ2v) is 5.11. The summed E-state index contributed by atoms with van der Waals surface area (Å²) in [6.45, 7) is 3.99. The summed E-state index contributed by atoms with van der Waals surface area (Å²) in [6.07, 6.45) is 0. The Kier molecular flexibility index (Phi) is 3.17. The van der Waals surface area contributed by atoms with E-state index in [4.69, 9.17) is 0 Å². The van der Waals surface area contributed by atoms with Gasteiger partial charge in [0.25, 0.3) is 0 Å². The molecule has 0 saturated heterocycles. The van der Waals surface area contributed by atoms with Crippen molar-refractivity contribution in [3.63, 3.8) is 0 Å². The molecule has 1 atom stereocenters. The van der Waals surface area contributed by atoms with Crippen LogP contribution in [0, 0.1) is 13.8 Å². The Morgan fingerprint density at radius 3 is 2.48 bits per heavy atom. The SMILES string of the molecule is Cc1cc2nnn(C(C(=O)O)c3ccccc3)c2cc1C. The molecule has 3 aromatic rings. The van der Waals surface area contributed by atoms with Crippen LogP contribution in [-0.2, 0) is 4.79 Å². The fraction of sp³-hybridized carbons (Fsp3) is 0.188. The zero-order chi connectivity index (χ0) is 15.0. The Hall–Kier alpha value is -2.69. The average Bonchev–Trinajstić information content (AvgIpc) is 2.83. The van der Waals surface area contributed by atoms with E-state index in [-0.39, 0.29) is 0 Å². The second-order valence-electron chi connectivity index (χ2n) is 5.11. The zero-order valence-corrected chi connectivity index (χ0v) is 11.8. The minimum absolute atomic E-state index is 0.676. The highest BCUT2D eigenvalue weighted by atomic mass is 16.4. The molecule has 1 heterocycles. The summed E-state index contributed by atoms with van der Waals surface area (Å²) in [5.41, 5.74) is 4.31. The largest absolute Gasteiger partial charge is 0.479 e. The van der Waals surface area contributed by atoms with E-state index < -0.39 is 12.0 Å². The van der Waals surface area contributed by atoms with E-state index in [0.29, 0.717) is 11.1 Å². The molecule has 0 radical (unpaired) electrons. The Balaban J connectivity index is 2.21. The smallest absolute Gasteiger partial charge is 0.333 e. The van der Waals surface area contributed by atoms with Crippen molar-refractivity contribution < 1.29 is 9.90 Å². The first-order valence-electron chi connectivity index (χ1n) is 6.68. The molecule has 0 aliphatic heterocycles. The number of hydrogen-bond donors (Lipinski definition) is 1. The normalized spacial score (nSPS) is 12.5. The third-order valence-corrected chi connectivity index (χ3v) is 3.68. The van der Waals surface area contributed by atoms with Gasteiger partial charge in [0.2, 0.25) is 0 Å². The first kappa shape index (κ1) is 13.3. The van der Waals surface area contributed by atoms with Crippen molar-refractivity contribution in [2.45, 2.75) is 19.9 Å². The molecule has 0 amide bonds. The summed E-state index contributed by atoms with van der Waals surface area (Å²) < 4.78 is 1.47. The summed E-state index contributed by atoms with van der Waals surface area (Å²) in [6, 6.07) is 12.1. The molecule has 106 valence electrons. The van der Waals surface area contributed by atoms with Crippen LogP contribution in [0.2, 0.25) is 0 Å². The topological polar surface area (TPSA) is 68.0 Å². The summed E-state index contributed by atoms with van der Waals surface area (Å²) in [7, 11) is 0. The number of aliphatic carboxylic acids is 1. The van der Waals surface area contributed by atoms with Crippen LogP contribution in [-0.4, -0.2) is 26.1 Å². The number of rotatable bonds is 3. The number of carbonyl (C=O) groups is 1. The first-order valence-corrected chi connectivity index (χ1v) is 6.68. The Morgan fingerprint density at radius 2 is 1.81 bits per heavy atom. The van der Waals surface area contributed by atoms with Gasteiger partial charge in [0.1, 0.15) is 5.52 Å². The summed E-state index contributed by atoms with van der Waals surface area (Å²) >= 11 is 0. The lowest BCUT2D eigenvalue weighted by Crippen LogP contribution is -2.21. The van der Waals surface area contributed by atoms with Crippen molar-refractivity contribution >= 4 is 17.0 Å². The van der Waals surface area contributed by atoms with Gasteiger partial charge in [0, 0.05) is 0 Å². The van der Waals surface area contributed by atoms with Gasteiger partial charge in [-0.25, -0.2) is 9.48 Å². The number of aryl methyl sites for hydroxylation is 2. The molecule has 5 heteroatoms. The van der Waals surface area contributed by atoms with Gasteiger partial charge >= 0.3 is 5.97 Å². The molecule has 21 heavy (non-hydrogen) atoms. The fourth-order valence-corrected chi connectivity index (χ4v) is 2.41. The Morgan fingerprint density at radius 1 is 1.14 bits per heavy atom. The predicted molar refractivity (Wildman–Crippen MR) is 79.2 cm³/mol. The molecule has 0 fully saturated rings. The number of aromatic nitrogens is 3. The number of fused-ring (bicyclic) bond motifs is 1. The van der Waals surface area contributed by atoms with Crippen molar-refractivity contribution in [3.8, 4) is 0 Å². The van der Waals surface area contributed by atoms with Crippen molar-refractivity contribution in [2.24, 2.45) is 0 Å². The second kappa shape index (κ2) is 5.01. The van der Waals surface area contributed by atoms with E-state index in [2.05, 4.69) is 10.3 Å². The molecule has 1 unspecified atom stereocenters. The minimum atomic E-state index is -0.953. The van der Waals surface area contributed by atoms with Gasteiger partial charge in [-0.3, -0.25) is 0 Å². The third kappa shape index (κ3) is 2.27. The summed E-state index contributed by atoms with van der Waals surface area (Å²) in [4.78, 5) is 11.7. The zero-order valence-electron chi connectivity index (χ0n) is 11.8. The number of nitrogens with zero attached hydrogens (tertiary/aromatic N) is 3. The third-order valence-electron chi connectivity index (χ3n) is 3.68. The molecule has 0 aliphatic carbocycles. The molecule has 0 saturated carbocycles. The van der Waals surface area contributed by atoms with Crippen LogP contribution in [0.25, 0.3) is 11.0 Å². The van der Waals surface area contributed by atoms with Crippen molar-refractivity contribution in [1.29, 1.82) is 0 Å². The monoisotopic (exact) mass is 281 g/mol. The number of benzene rings is 2. The van der Waals surface area contributed by atoms with Crippen molar-refractivity contribution in [2.75, 3.05) is 0 Å². The van der Waals surface area contributed by atoms with E-state index in [0.717, 1.165) is 16.6 Å². The minimum Gasteiger partial charge on any atom is -0.479 e. The van der Waals surface area contributed by atoms with Crippen LogP contribution in [0.1, 0.15) is 22.7 Å². The van der Waals surface area contributed by atoms with Crippen LogP contribution in [0.3, 0.4) is 0 Å². The van der Waals surface area contributed by atoms with Crippen LogP contribution in [0.5, 0.6) is 0 Å². The fourth-order valence-electron chi connectivity index (χ4n) is 2.41. The van der Waals surface area contributed by atoms with Crippen LogP contribution < -0.4 is 0 Å². The van der Waals surface area contributed by atoms with Crippen LogP contribution >= 0.6 is 0 Å². The van der Waals surface area contributed by atoms with E-state index >= 15 is 0 Å². The van der Waals surface area contributed by atoms with E-state index in [9.17, 15) is 9.90 Å². The maximum atomic E-state index is 11.7. The molecular formula is C16H15N3O2. The molecule has 0 spiro atoms. The van der Waals surface area contributed by atoms with Crippen LogP contribution in [0.15, 0.2) is 42.5 Å². The number of hydrogen-bond acceptors (Lipinski definition) is 3. The van der Waals surface area contributed by atoms with Gasteiger partial charge in [-0.2, -0.15) is 0 Å². The van der Waals surface area contributed by atoms with E-state index in [1.54, 1.807) is 12.1 Å². The lowest BCUT2D eigenvalue weighted by atomic mass is 10.1. The number of carboxylic acids is 1. The van der Waals surface area contributed by atoms with Crippen molar-refractivity contribution in [3.05, 3.63) is 59.2 Å². The summed E-state index contributed by atoms with van der Waals surface area (Å²) in [5.74, 6) is -0.953. The summed E-state index contributed by atoms with van der Waals surface area (Å²) in [5, 5.41) is 17.8. The molecule has 3 rings (SSSR count). The molecule has 5 nitrogen and oxygen atoms in total. The molecule has 1 aromatic heterocycles. The van der Waals surface area contributed by atoms with Crippen LogP contribution in [0.4, 0.5) is 0 Å². The first-order chi connectivity index (χ1) is 10.1.